The number of hydrogen-bond donors (Lipinski definition) is 1. The van der Waals surface area contributed by atoms with Crippen molar-refractivity contribution < 1.29 is 9.47 Å². The summed E-state index contributed by atoms with van der Waals surface area (Å²) < 4.78 is 10.6. The lowest BCUT2D eigenvalue weighted by Crippen LogP contribution is -2.50. The second kappa shape index (κ2) is 8.03. The Bertz CT molecular complexity index is 202. The van der Waals surface area contributed by atoms with Gasteiger partial charge in [-0.1, -0.05) is 13.8 Å². The van der Waals surface area contributed by atoms with Gasteiger partial charge in [0.1, 0.15) is 0 Å². The van der Waals surface area contributed by atoms with Gasteiger partial charge in [0.15, 0.2) is 0 Å². The molecule has 1 rings (SSSR count). The van der Waals surface area contributed by atoms with E-state index in [4.69, 9.17) is 9.47 Å². The Morgan fingerprint density at radius 3 is 2.71 bits per heavy atom. The van der Waals surface area contributed by atoms with Crippen LogP contribution in [0.5, 0.6) is 0 Å². The van der Waals surface area contributed by atoms with Crippen LogP contribution in [0.4, 0.5) is 0 Å². The van der Waals surface area contributed by atoms with E-state index in [0.29, 0.717) is 18.6 Å². The number of likely N-dealkylation sites (tertiary alicyclic amines) is 1. The molecule has 1 heterocycles. The largest absolute Gasteiger partial charge is 0.382 e. The first kappa shape index (κ1) is 14.9. The Labute approximate surface area is 106 Å². The first-order chi connectivity index (χ1) is 8.21. The van der Waals surface area contributed by atoms with Crippen molar-refractivity contribution in [1.29, 1.82) is 0 Å². The van der Waals surface area contributed by atoms with E-state index in [0.717, 1.165) is 26.2 Å². The van der Waals surface area contributed by atoms with Crippen LogP contribution in [0.2, 0.25) is 0 Å². The Morgan fingerprint density at radius 2 is 2.18 bits per heavy atom. The van der Waals surface area contributed by atoms with Crippen molar-refractivity contribution in [1.82, 2.24) is 10.2 Å². The fraction of sp³-hybridized carbons (Fsp3) is 1.00. The van der Waals surface area contributed by atoms with Crippen LogP contribution >= 0.6 is 0 Å². The number of piperidine rings is 1. The summed E-state index contributed by atoms with van der Waals surface area (Å²) in [5.74, 6) is 0.712. The highest BCUT2D eigenvalue weighted by Crippen LogP contribution is 2.17. The van der Waals surface area contributed by atoms with E-state index in [1.807, 2.05) is 0 Å². The fourth-order valence-electron chi connectivity index (χ4n) is 2.63. The van der Waals surface area contributed by atoms with Crippen molar-refractivity contribution in [2.24, 2.45) is 5.92 Å². The van der Waals surface area contributed by atoms with Crippen molar-refractivity contribution in [3.63, 3.8) is 0 Å². The van der Waals surface area contributed by atoms with Gasteiger partial charge >= 0.3 is 0 Å². The third-order valence-electron chi connectivity index (χ3n) is 3.60. The molecule has 0 saturated carbocycles. The molecule has 0 radical (unpaired) electrons. The molecule has 17 heavy (non-hydrogen) atoms. The van der Waals surface area contributed by atoms with Crippen LogP contribution in [0.15, 0.2) is 0 Å². The number of ether oxygens (including phenoxy) is 2. The molecular weight excluding hydrogens is 216 g/mol. The van der Waals surface area contributed by atoms with Gasteiger partial charge < -0.3 is 19.7 Å². The van der Waals surface area contributed by atoms with Crippen LogP contribution in [-0.2, 0) is 9.47 Å². The average molecular weight is 244 g/mol. The number of hydrogen-bond acceptors (Lipinski definition) is 4. The highest BCUT2D eigenvalue weighted by atomic mass is 16.5. The average Bonchev–Trinajstić information content (AvgIpc) is 2.32. The molecule has 0 spiro atoms. The quantitative estimate of drug-likeness (QED) is 0.723. The van der Waals surface area contributed by atoms with Crippen LogP contribution in [0.1, 0.15) is 20.3 Å². The Hall–Kier alpha value is -0.160. The minimum Gasteiger partial charge on any atom is -0.382 e. The molecule has 1 N–H and O–H groups in total. The summed E-state index contributed by atoms with van der Waals surface area (Å²) in [6.07, 6.45) is 1.43. The lowest BCUT2D eigenvalue weighted by atomic mass is 9.93. The van der Waals surface area contributed by atoms with Crippen molar-refractivity contribution in [3.05, 3.63) is 0 Å². The maximum absolute atomic E-state index is 5.42. The zero-order valence-corrected chi connectivity index (χ0v) is 11.7. The SMILES string of the molecule is CCNC1CCN(CC(COC)OC)CC1C. The van der Waals surface area contributed by atoms with E-state index >= 15 is 0 Å². The summed E-state index contributed by atoms with van der Waals surface area (Å²) in [5, 5.41) is 3.56. The highest BCUT2D eigenvalue weighted by Gasteiger charge is 2.26. The first-order valence-electron chi connectivity index (χ1n) is 6.68. The molecule has 0 aliphatic carbocycles. The molecule has 1 fully saturated rings. The smallest absolute Gasteiger partial charge is 0.0931 e. The van der Waals surface area contributed by atoms with Gasteiger partial charge in [-0.15, -0.1) is 0 Å². The predicted molar refractivity (Wildman–Crippen MR) is 70.4 cm³/mol. The Kier molecular flexibility index (Phi) is 7.04. The summed E-state index contributed by atoms with van der Waals surface area (Å²) in [6.45, 7) is 9.55. The maximum Gasteiger partial charge on any atom is 0.0931 e. The Balaban J connectivity index is 2.33. The van der Waals surface area contributed by atoms with Gasteiger partial charge in [-0.25, -0.2) is 0 Å². The summed E-state index contributed by atoms with van der Waals surface area (Å²) in [6, 6.07) is 0.680. The van der Waals surface area contributed by atoms with Crippen LogP contribution in [0.3, 0.4) is 0 Å². The molecular formula is C13H28N2O2. The van der Waals surface area contributed by atoms with Gasteiger partial charge in [-0.3, -0.25) is 0 Å². The monoisotopic (exact) mass is 244 g/mol. The molecule has 1 aliphatic rings. The first-order valence-corrected chi connectivity index (χ1v) is 6.68. The van der Waals surface area contributed by atoms with Crippen LogP contribution in [0.25, 0.3) is 0 Å². The molecule has 1 saturated heterocycles. The van der Waals surface area contributed by atoms with E-state index in [1.165, 1.54) is 6.42 Å². The zero-order chi connectivity index (χ0) is 12.7. The number of methoxy groups -OCH3 is 2. The van der Waals surface area contributed by atoms with Crippen molar-refractivity contribution in [2.75, 3.05) is 47.0 Å². The molecule has 0 aromatic heterocycles. The normalized spacial score (nSPS) is 28.2. The third kappa shape index (κ3) is 4.92. The standard InChI is InChI=1S/C13H28N2O2/c1-5-14-13-6-7-15(8-11(13)2)9-12(17-4)10-16-3/h11-14H,5-10H2,1-4H3. The molecule has 0 aromatic carbocycles. The van der Waals surface area contributed by atoms with Crippen molar-refractivity contribution in [2.45, 2.75) is 32.4 Å². The topological polar surface area (TPSA) is 33.7 Å². The fourth-order valence-corrected chi connectivity index (χ4v) is 2.63. The van der Waals surface area contributed by atoms with E-state index in [1.54, 1.807) is 14.2 Å². The van der Waals surface area contributed by atoms with Crippen LogP contribution in [0, 0.1) is 5.92 Å². The van der Waals surface area contributed by atoms with E-state index in [9.17, 15) is 0 Å². The van der Waals surface area contributed by atoms with E-state index in [2.05, 4.69) is 24.1 Å². The molecule has 102 valence electrons. The van der Waals surface area contributed by atoms with E-state index in [-0.39, 0.29) is 6.10 Å². The van der Waals surface area contributed by atoms with Crippen molar-refractivity contribution in [3.8, 4) is 0 Å². The van der Waals surface area contributed by atoms with Gasteiger partial charge in [0.25, 0.3) is 0 Å². The molecule has 0 bridgehead atoms. The molecule has 4 nitrogen and oxygen atoms in total. The molecule has 0 amide bonds. The number of nitrogens with zero attached hydrogens (tertiary/aromatic N) is 1. The lowest BCUT2D eigenvalue weighted by Gasteiger charge is -2.38. The molecule has 3 unspecified atom stereocenters. The predicted octanol–water partition coefficient (Wildman–Crippen LogP) is 0.968. The zero-order valence-electron chi connectivity index (χ0n) is 11.7. The molecule has 0 aromatic rings. The summed E-state index contributed by atoms with van der Waals surface area (Å²) in [4.78, 5) is 2.49. The van der Waals surface area contributed by atoms with E-state index < -0.39 is 0 Å². The molecule has 4 heteroatoms. The Morgan fingerprint density at radius 1 is 1.41 bits per heavy atom. The lowest BCUT2D eigenvalue weighted by molar-refractivity contribution is -0.00360. The maximum atomic E-state index is 5.42. The highest BCUT2D eigenvalue weighted by molar-refractivity contribution is 4.83. The minimum atomic E-state index is 0.197. The third-order valence-corrected chi connectivity index (χ3v) is 3.60. The number of rotatable bonds is 7. The minimum absolute atomic E-state index is 0.197. The van der Waals surface area contributed by atoms with Crippen LogP contribution < -0.4 is 5.32 Å². The van der Waals surface area contributed by atoms with Gasteiger partial charge in [0.2, 0.25) is 0 Å². The summed E-state index contributed by atoms with van der Waals surface area (Å²) in [7, 11) is 3.49. The second-order valence-corrected chi connectivity index (χ2v) is 5.00. The van der Waals surface area contributed by atoms with Gasteiger partial charge in [0.05, 0.1) is 12.7 Å². The van der Waals surface area contributed by atoms with Crippen LogP contribution in [-0.4, -0.2) is 64.1 Å². The summed E-state index contributed by atoms with van der Waals surface area (Å²) in [5.41, 5.74) is 0. The second-order valence-electron chi connectivity index (χ2n) is 5.00. The molecule has 1 aliphatic heterocycles. The van der Waals surface area contributed by atoms with Gasteiger partial charge in [-0.2, -0.15) is 0 Å². The number of nitrogens with one attached hydrogen (secondary N) is 1. The summed E-state index contributed by atoms with van der Waals surface area (Å²) >= 11 is 0. The van der Waals surface area contributed by atoms with Gasteiger partial charge in [-0.05, 0) is 25.4 Å². The van der Waals surface area contributed by atoms with Crippen molar-refractivity contribution >= 4 is 0 Å². The van der Waals surface area contributed by atoms with Gasteiger partial charge in [0, 0.05) is 33.4 Å². The molecule has 3 atom stereocenters.